The smallest absolute Gasteiger partial charge is 0.287 e. The van der Waals surface area contributed by atoms with Crippen LogP contribution in [0.15, 0.2) is 60.7 Å². The lowest BCUT2D eigenvalue weighted by Crippen LogP contribution is -2.31. The number of carbonyl (C=O) groups is 2. The van der Waals surface area contributed by atoms with E-state index in [1.165, 1.54) is 0 Å². The molecule has 3 aromatic carbocycles. The summed E-state index contributed by atoms with van der Waals surface area (Å²) < 4.78 is 17.1. The maximum Gasteiger partial charge on any atom is 0.287 e. The molecule has 0 saturated carbocycles. The van der Waals surface area contributed by atoms with E-state index in [9.17, 15) is 9.59 Å². The Kier molecular flexibility index (Phi) is 8.67. The van der Waals surface area contributed by atoms with Crippen LogP contribution in [0.2, 0.25) is 5.02 Å². The van der Waals surface area contributed by atoms with Gasteiger partial charge in [-0.05, 0) is 97.3 Å². The molecular weight excluding hydrogens is 510 g/mol. The van der Waals surface area contributed by atoms with Gasteiger partial charge in [0.2, 0.25) is 5.91 Å². The fraction of sp³-hybridized carbons (Fsp3) is 0.310. The summed E-state index contributed by atoms with van der Waals surface area (Å²) in [4.78, 5) is 23.9. The molecule has 37 heavy (non-hydrogen) atoms. The van der Waals surface area contributed by atoms with Gasteiger partial charge in [0.25, 0.3) is 5.24 Å². The highest BCUT2D eigenvalue weighted by Crippen LogP contribution is 2.41. The highest BCUT2D eigenvalue weighted by molar-refractivity contribution is 8.15. The number of benzene rings is 3. The Morgan fingerprint density at radius 2 is 1.73 bits per heavy atom. The number of amides is 2. The summed E-state index contributed by atoms with van der Waals surface area (Å²) in [5.74, 6) is 2.71. The number of ether oxygens (including phenoxy) is 3. The van der Waals surface area contributed by atoms with Crippen LogP contribution in [0.25, 0.3) is 0 Å². The Morgan fingerprint density at radius 1 is 0.946 bits per heavy atom. The molecule has 0 radical (unpaired) electrons. The fourth-order valence-electron chi connectivity index (χ4n) is 4.05. The first-order chi connectivity index (χ1) is 17.8. The molecule has 4 rings (SSSR count). The highest BCUT2D eigenvalue weighted by Gasteiger charge is 2.45. The second kappa shape index (κ2) is 11.9. The summed E-state index contributed by atoms with van der Waals surface area (Å²) in [6, 6.07) is 18.8. The first-order valence-electron chi connectivity index (χ1n) is 12.3. The molecule has 1 fully saturated rings. The molecule has 1 aliphatic heterocycles. The topological polar surface area (TPSA) is 73.9 Å². The molecule has 0 aliphatic carbocycles. The third-order valence-electron chi connectivity index (χ3n) is 6.06. The molecule has 2 amide bonds. The maximum absolute atomic E-state index is 12.2. The minimum absolute atomic E-state index is 0.310. The van der Waals surface area contributed by atoms with Gasteiger partial charge in [-0.25, -0.2) is 0 Å². The van der Waals surface area contributed by atoms with E-state index < -0.39 is 4.75 Å². The molecule has 1 saturated heterocycles. The molecule has 1 unspecified atom stereocenters. The molecule has 1 heterocycles. The van der Waals surface area contributed by atoms with Crippen molar-refractivity contribution in [2.24, 2.45) is 0 Å². The zero-order valence-electron chi connectivity index (χ0n) is 21.1. The third kappa shape index (κ3) is 6.59. The zero-order chi connectivity index (χ0) is 26.4. The minimum Gasteiger partial charge on any atom is -0.493 e. The van der Waals surface area contributed by atoms with Crippen LogP contribution in [0.1, 0.15) is 43.4 Å². The lowest BCUT2D eigenvalue weighted by Gasteiger charge is -2.19. The average molecular weight is 540 g/mol. The van der Waals surface area contributed by atoms with E-state index >= 15 is 0 Å². The molecule has 0 spiro atoms. The van der Waals surface area contributed by atoms with Crippen LogP contribution in [0.5, 0.6) is 23.0 Å². The summed E-state index contributed by atoms with van der Waals surface area (Å²) in [5, 5.41) is 2.70. The van der Waals surface area contributed by atoms with E-state index in [4.69, 9.17) is 25.8 Å². The monoisotopic (exact) mass is 539 g/mol. The van der Waals surface area contributed by atoms with Crippen LogP contribution in [0, 0.1) is 6.92 Å². The van der Waals surface area contributed by atoms with Crippen LogP contribution in [-0.2, 0) is 16.0 Å². The maximum atomic E-state index is 12.2. The zero-order valence-corrected chi connectivity index (χ0v) is 22.7. The van der Waals surface area contributed by atoms with Crippen LogP contribution in [0.4, 0.5) is 4.79 Å². The first kappa shape index (κ1) is 26.9. The van der Waals surface area contributed by atoms with E-state index in [2.05, 4.69) is 12.2 Å². The van der Waals surface area contributed by atoms with Crippen LogP contribution < -0.4 is 19.5 Å². The van der Waals surface area contributed by atoms with Crippen molar-refractivity contribution in [3.8, 4) is 23.0 Å². The van der Waals surface area contributed by atoms with E-state index in [0.29, 0.717) is 30.4 Å². The number of hydrogen-bond acceptors (Lipinski definition) is 6. The predicted molar refractivity (Wildman–Crippen MR) is 147 cm³/mol. The molecular formula is C29H30ClNO5S. The largest absolute Gasteiger partial charge is 0.493 e. The molecule has 3 aromatic rings. The van der Waals surface area contributed by atoms with Crippen molar-refractivity contribution < 1.29 is 23.8 Å². The average Bonchev–Trinajstić information content (AvgIpc) is 3.14. The van der Waals surface area contributed by atoms with Gasteiger partial charge in [0.05, 0.1) is 13.2 Å². The van der Waals surface area contributed by atoms with Gasteiger partial charge in [0, 0.05) is 11.4 Å². The Bertz CT molecular complexity index is 1300. The molecule has 194 valence electrons. The quantitative estimate of drug-likeness (QED) is 0.255. The number of halogens is 1. The van der Waals surface area contributed by atoms with Crippen LogP contribution in [-0.4, -0.2) is 24.4 Å². The number of carbonyl (C=O) groups excluding carboxylic acids is 2. The number of hydrogen-bond donors (Lipinski definition) is 1. The summed E-state index contributed by atoms with van der Waals surface area (Å²) in [6.45, 7) is 6.80. The Morgan fingerprint density at radius 3 is 2.46 bits per heavy atom. The number of nitrogens with one attached hydrogen (secondary N) is 1. The number of thioether (sulfide) groups is 1. The molecule has 0 aromatic heterocycles. The van der Waals surface area contributed by atoms with Gasteiger partial charge in [-0.15, -0.1) is 0 Å². The lowest BCUT2D eigenvalue weighted by atomic mass is 9.99. The highest BCUT2D eigenvalue weighted by atomic mass is 35.5. The van der Waals surface area contributed by atoms with Crippen molar-refractivity contribution in [3.63, 3.8) is 0 Å². The Hall–Kier alpha value is -3.16. The first-order valence-corrected chi connectivity index (χ1v) is 13.5. The number of rotatable bonds is 11. The predicted octanol–water partition coefficient (Wildman–Crippen LogP) is 7.44. The summed E-state index contributed by atoms with van der Waals surface area (Å²) in [5.41, 5.74) is 2.80. The minimum atomic E-state index is -0.947. The van der Waals surface area contributed by atoms with Gasteiger partial charge in [-0.3, -0.25) is 14.9 Å². The van der Waals surface area contributed by atoms with Gasteiger partial charge in [0.15, 0.2) is 0 Å². The van der Waals surface area contributed by atoms with Crippen LogP contribution >= 0.6 is 23.4 Å². The SMILES string of the molecule is CCCc1cc(Oc2ccc(Cl)cc2C)ccc1OCCCOc1cccc(C2(C)SC(=O)NC2=O)c1. The molecule has 1 N–H and O–H groups in total. The van der Waals surface area contributed by atoms with Crippen molar-refractivity contribution in [1.29, 1.82) is 0 Å². The van der Waals surface area contributed by atoms with Crippen LogP contribution in [0.3, 0.4) is 0 Å². The van der Waals surface area contributed by atoms with Gasteiger partial charge >= 0.3 is 0 Å². The molecule has 6 nitrogen and oxygen atoms in total. The van der Waals surface area contributed by atoms with Crippen molar-refractivity contribution >= 4 is 34.5 Å². The van der Waals surface area contributed by atoms with Crippen molar-refractivity contribution in [1.82, 2.24) is 5.32 Å². The van der Waals surface area contributed by atoms with E-state index in [1.807, 2.05) is 67.6 Å². The van der Waals surface area contributed by atoms with Crippen molar-refractivity contribution in [2.75, 3.05) is 13.2 Å². The van der Waals surface area contributed by atoms with Gasteiger partial charge in [-0.2, -0.15) is 0 Å². The number of aryl methyl sites for hydroxylation is 2. The molecule has 0 bridgehead atoms. The van der Waals surface area contributed by atoms with Crippen molar-refractivity contribution in [2.45, 2.75) is 44.8 Å². The number of imide groups is 1. The standard InChI is InChI=1S/C29H30ClNO5S/c1-4-7-20-17-24(36-25-12-10-22(30)16-19(25)2)11-13-26(20)35-15-6-14-34-23-9-5-8-21(18-23)29(3)27(32)31-28(33)37-29/h5,8-13,16-18H,4,6-7,14-15H2,1-3H3,(H,31,32,33). The summed E-state index contributed by atoms with van der Waals surface area (Å²) >= 11 is 7.04. The summed E-state index contributed by atoms with van der Waals surface area (Å²) in [6.07, 6.45) is 2.55. The third-order valence-corrected chi connectivity index (χ3v) is 7.41. The molecule has 1 aliphatic rings. The van der Waals surface area contributed by atoms with Crippen molar-refractivity contribution in [3.05, 3.63) is 82.4 Å². The van der Waals surface area contributed by atoms with E-state index in [0.717, 1.165) is 58.5 Å². The summed E-state index contributed by atoms with van der Waals surface area (Å²) in [7, 11) is 0. The molecule has 1 atom stereocenters. The van der Waals surface area contributed by atoms with Gasteiger partial charge in [0.1, 0.15) is 27.7 Å². The Labute approximate surface area is 226 Å². The normalized spacial score (nSPS) is 17.0. The fourth-order valence-corrected chi connectivity index (χ4v) is 5.18. The van der Waals surface area contributed by atoms with Gasteiger partial charge in [-0.1, -0.05) is 37.1 Å². The second-order valence-corrected chi connectivity index (χ2v) is 10.8. The molecule has 8 heteroatoms. The lowest BCUT2D eigenvalue weighted by molar-refractivity contribution is -0.121. The van der Waals surface area contributed by atoms with Gasteiger partial charge < -0.3 is 14.2 Å². The van der Waals surface area contributed by atoms with E-state index in [-0.39, 0.29) is 11.1 Å². The Balaban J connectivity index is 1.31. The van der Waals surface area contributed by atoms with E-state index in [1.54, 1.807) is 6.92 Å². The second-order valence-electron chi connectivity index (χ2n) is 8.99.